The van der Waals surface area contributed by atoms with Crippen LogP contribution < -0.4 is 5.48 Å². The maximum atomic E-state index is 5.93. The summed E-state index contributed by atoms with van der Waals surface area (Å²) in [6, 6.07) is 7.78. The minimum Gasteiger partial charge on any atom is -0.302 e. The summed E-state index contributed by atoms with van der Waals surface area (Å²) in [5, 5.41) is 0.803. The molecule has 2 nitrogen and oxygen atoms in total. The average Bonchev–Trinajstić information content (AvgIpc) is 2.09. The lowest BCUT2D eigenvalue weighted by Crippen LogP contribution is -2.10. The molecular formula is C9H12ClNO. The zero-order chi connectivity index (χ0) is 8.81. The summed E-state index contributed by atoms with van der Waals surface area (Å²) in [5.41, 5.74) is 3.73. The van der Waals surface area contributed by atoms with Crippen molar-refractivity contribution in [3.8, 4) is 0 Å². The fourth-order valence-corrected chi connectivity index (χ4v) is 1.19. The van der Waals surface area contributed by atoms with Gasteiger partial charge in [0, 0.05) is 12.1 Å². The monoisotopic (exact) mass is 185 g/mol. The molecule has 0 spiro atoms. The van der Waals surface area contributed by atoms with Crippen molar-refractivity contribution in [1.82, 2.24) is 5.48 Å². The maximum absolute atomic E-state index is 5.93. The van der Waals surface area contributed by atoms with E-state index in [1.165, 1.54) is 0 Å². The van der Waals surface area contributed by atoms with E-state index in [0.29, 0.717) is 6.61 Å². The molecule has 0 radical (unpaired) electrons. The molecule has 1 N–H and O–H groups in total. The van der Waals surface area contributed by atoms with Crippen LogP contribution in [-0.2, 0) is 11.3 Å². The van der Waals surface area contributed by atoms with Gasteiger partial charge in [-0.1, -0.05) is 29.8 Å². The van der Waals surface area contributed by atoms with Crippen LogP contribution in [0, 0.1) is 0 Å². The van der Waals surface area contributed by atoms with Crippen molar-refractivity contribution in [3.05, 3.63) is 34.9 Å². The van der Waals surface area contributed by atoms with Crippen LogP contribution in [0.4, 0.5) is 0 Å². The van der Waals surface area contributed by atoms with E-state index in [1.54, 1.807) is 7.05 Å². The third-order valence-electron chi connectivity index (χ3n) is 1.58. The highest BCUT2D eigenvalue weighted by Gasteiger charge is 1.97. The van der Waals surface area contributed by atoms with E-state index in [0.717, 1.165) is 17.0 Å². The first-order valence-corrected chi connectivity index (χ1v) is 4.24. The fourth-order valence-electron chi connectivity index (χ4n) is 0.964. The van der Waals surface area contributed by atoms with Crippen LogP contribution in [0.15, 0.2) is 24.3 Å². The third-order valence-corrected chi connectivity index (χ3v) is 1.94. The molecule has 0 saturated carbocycles. The minimum absolute atomic E-state index is 0.639. The Bertz CT molecular complexity index is 240. The van der Waals surface area contributed by atoms with E-state index < -0.39 is 0 Å². The number of benzene rings is 1. The molecule has 0 aliphatic heterocycles. The van der Waals surface area contributed by atoms with Gasteiger partial charge in [-0.15, -0.1) is 0 Å². The first-order valence-electron chi connectivity index (χ1n) is 3.86. The molecule has 0 atom stereocenters. The van der Waals surface area contributed by atoms with Crippen molar-refractivity contribution in [2.75, 3.05) is 13.7 Å². The van der Waals surface area contributed by atoms with Gasteiger partial charge < -0.3 is 4.84 Å². The van der Waals surface area contributed by atoms with Crippen molar-refractivity contribution in [1.29, 1.82) is 0 Å². The van der Waals surface area contributed by atoms with Gasteiger partial charge in [0.1, 0.15) is 0 Å². The number of hydrogen-bond donors (Lipinski definition) is 1. The molecule has 0 amide bonds. The lowest BCUT2D eigenvalue weighted by molar-refractivity contribution is 0.0604. The van der Waals surface area contributed by atoms with Gasteiger partial charge in [0.15, 0.2) is 0 Å². The summed E-state index contributed by atoms with van der Waals surface area (Å²) in [6.45, 7) is 0.639. The molecule has 1 rings (SSSR count). The molecule has 0 aliphatic rings. The van der Waals surface area contributed by atoms with E-state index in [-0.39, 0.29) is 0 Å². The van der Waals surface area contributed by atoms with Gasteiger partial charge in [0.25, 0.3) is 0 Å². The molecule has 1 aromatic rings. The van der Waals surface area contributed by atoms with Crippen LogP contribution in [0.1, 0.15) is 5.56 Å². The summed E-state index contributed by atoms with van der Waals surface area (Å²) in [4.78, 5) is 4.98. The molecule has 0 saturated heterocycles. The number of nitrogens with one attached hydrogen (secondary N) is 1. The highest BCUT2D eigenvalue weighted by Crippen LogP contribution is 2.14. The highest BCUT2D eigenvalue weighted by molar-refractivity contribution is 6.31. The fraction of sp³-hybridized carbons (Fsp3) is 0.333. The van der Waals surface area contributed by atoms with E-state index in [4.69, 9.17) is 16.4 Å². The summed E-state index contributed by atoms with van der Waals surface area (Å²) < 4.78 is 0. The predicted molar refractivity (Wildman–Crippen MR) is 50.2 cm³/mol. The first kappa shape index (κ1) is 9.52. The number of halogens is 1. The van der Waals surface area contributed by atoms with Gasteiger partial charge in [-0.2, -0.15) is 0 Å². The quantitative estimate of drug-likeness (QED) is 0.573. The Kier molecular flexibility index (Phi) is 4.08. The maximum Gasteiger partial charge on any atom is 0.0722 e. The second kappa shape index (κ2) is 5.14. The average molecular weight is 186 g/mol. The summed E-state index contributed by atoms with van der Waals surface area (Å²) in [6.07, 6.45) is 0.834. The number of hydrogen-bond acceptors (Lipinski definition) is 2. The van der Waals surface area contributed by atoms with Crippen LogP contribution >= 0.6 is 11.6 Å². The van der Waals surface area contributed by atoms with E-state index in [9.17, 15) is 0 Å². The lowest BCUT2D eigenvalue weighted by atomic mass is 10.2. The Morgan fingerprint density at radius 2 is 2.17 bits per heavy atom. The zero-order valence-corrected chi connectivity index (χ0v) is 7.77. The van der Waals surface area contributed by atoms with Crippen molar-refractivity contribution >= 4 is 11.6 Å². The Labute approximate surface area is 77.4 Å². The second-order valence-corrected chi connectivity index (χ2v) is 2.80. The largest absolute Gasteiger partial charge is 0.302 e. The van der Waals surface area contributed by atoms with Gasteiger partial charge >= 0.3 is 0 Å². The van der Waals surface area contributed by atoms with Gasteiger partial charge in [-0.25, -0.2) is 5.48 Å². The minimum atomic E-state index is 0.639. The standard InChI is InChI=1S/C9H12ClNO/c1-11-12-7-6-8-4-2-3-5-9(8)10/h2-5,11H,6-7H2,1H3. The highest BCUT2D eigenvalue weighted by atomic mass is 35.5. The molecule has 0 heterocycles. The van der Waals surface area contributed by atoms with Gasteiger partial charge in [0.2, 0.25) is 0 Å². The van der Waals surface area contributed by atoms with Crippen LogP contribution in [0.25, 0.3) is 0 Å². The van der Waals surface area contributed by atoms with Gasteiger partial charge in [0.05, 0.1) is 6.61 Å². The molecule has 0 fully saturated rings. The second-order valence-electron chi connectivity index (χ2n) is 2.39. The SMILES string of the molecule is CNOCCc1ccccc1Cl. The molecule has 3 heteroatoms. The van der Waals surface area contributed by atoms with Gasteiger partial charge in [-0.3, -0.25) is 0 Å². The van der Waals surface area contributed by atoms with Crippen LogP contribution in [0.3, 0.4) is 0 Å². The summed E-state index contributed by atoms with van der Waals surface area (Å²) in [7, 11) is 1.74. The van der Waals surface area contributed by atoms with Crippen molar-refractivity contribution < 1.29 is 4.84 Å². The van der Waals surface area contributed by atoms with E-state index >= 15 is 0 Å². The Morgan fingerprint density at radius 1 is 1.42 bits per heavy atom. The normalized spacial score (nSPS) is 10.2. The molecule has 0 aromatic heterocycles. The van der Waals surface area contributed by atoms with Crippen LogP contribution in [0.5, 0.6) is 0 Å². The Balaban J connectivity index is 2.46. The molecular weight excluding hydrogens is 174 g/mol. The first-order chi connectivity index (χ1) is 5.84. The van der Waals surface area contributed by atoms with Crippen molar-refractivity contribution in [3.63, 3.8) is 0 Å². The lowest BCUT2D eigenvalue weighted by Gasteiger charge is -2.03. The van der Waals surface area contributed by atoms with Crippen LogP contribution in [0.2, 0.25) is 5.02 Å². The molecule has 12 heavy (non-hydrogen) atoms. The molecule has 66 valence electrons. The third kappa shape index (κ3) is 2.81. The molecule has 0 bridgehead atoms. The molecule has 1 aromatic carbocycles. The van der Waals surface area contributed by atoms with Crippen molar-refractivity contribution in [2.45, 2.75) is 6.42 Å². The summed E-state index contributed by atoms with van der Waals surface area (Å²) in [5.74, 6) is 0. The number of hydroxylamine groups is 1. The van der Waals surface area contributed by atoms with Gasteiger partial charge in [-0.05, 0) is 18.1 Å². The molecule has 0 unspecified atom stereocenters. The predicted octanol–water partition coefficient (Wildman–Crippen LogP) is 2.03. The Hall–Kier alpha value is -0.570. The topological polar surface area (TPSA) is 21.3 Å². The zero-order valence-electron chi connectivity index (χ0n) is 7.01. The van der Waals surface area contributed by atoms with E-state index in [2.05, 4.69) is 5.48 Å². The van der Waals surface area contributed by atoms with Crippen LogP contribution in [-0.4, -0.2) is 13.7 Å². The number of rotatable bonds is 4. The summed E-state index contributed by atoms with van der Waals surface area (Å²) >= 11 is 5.93. The van der Waals surface area contributed by atoms with E-state index in [1.807, 2.05) is 24.3 Å². The molecule has 0 aliphatic carbocycles. The van der Waals surface area contributed by atoms with Crippen molar-refractivity contribution in [2.24, 2.45) is 0 Å². The smallest absolute Gasteiger partial charge is 0.0722 e. The Morgan fingerprint density at radius 3 is 2.83 bits per heavy atom.